The summed E-state index contributed by atoms with van der Waals surface area (Å²) in [6.07, 6.45) is 12.5. The van der Waals surface area contributed by atoms with Gasteiger partial charge >= 0.3 is 5.97 Å². The Hall–Kier alpha value is -0.870. The number of methoxy groups -OCH3 is 2. The van der Waals surface area contributed by atoms with Crippen LogP contribution in [0.3, 0.4) is 0 Å². The lowest BCUT2D eigenvalue weighted by atomic mass is 9.69. The van der Waals surface area contributed by atoms with Gasteiger partial charge in [-0.15, -0.1) is 0 Å². The summed E-state index contributed by atoms with van der Waals surface area (Å²) in [6, 6.07) is 0. The van der Waals surface area contributed by atoms with E-state index in [-0.39, 0.29) is 11.4 Å². The molecule has 160 valence electrons. The molecule has 4 nitrogen and oxygen atoms in total. The molecule has 0 aliphatic rings. The fraction of sp³-hybridized carbons (Fsp3) is 0.870. The van der Waals surface area contributed by atoms with E-state index in [9.17, 15) is 4.79 Å². The van der Waals surface area contributed by atoms with Gasteiger partial charge in [-0.2, -0.15) is 0 Å². The van der Waals surface area contributed by atoms with Crippen LogP contribution in [0.1, 0.15) is 98.3 Å². The first-order valence-electron chi connectivity index (χ1n) is 10.8. The van der Waals surface area contributed by atoms with Crippen molar-refractivity contribution in [2.75, 3.05) is 20.8 Å². The maximum Gasteiger partial charge on any atom is 0.333 e. The molecule has 0 spiro atoms. The van der Waals surface area contributed by atoms with Crippen molar-refractivity contribution in [3.63, 3.8) is 0 Å². The predicted octanol–water partition coefficient (Wildman–Crippen LogP) is 6.43. The fourth-order valence-corrected chi connectivity index (χ4v) is 3.99. The summed E-state index contributed by atoms with van der Waals surface area (Å²) in [5.74, 6) is -0.946. The van der Waals surface area contributed by atoms with Crippen LogP contribution in [0.5, 0.6) is 0 Å². The Labute approximate surface area is 168 Å². The molecule has 0 saturated carbocycles. The summed E-state index contributed by atoms with van der Waals surface area (Å²) in [6.45, 7) is 12.2. The van der Waals surface area contributed by atoms with Crippen LogP contribution < -0.4 is 0 Å². The molecule has 1 unspecified atom stereocenters. The Morgan fingerprint density at radius 2 is 1.41 bits per heavy atom. The molecule has 0 amide bonds. The zero-order valence-electron chi connectivity index (χ0n) is 18.8. The van der Waals surface area contributed by atoms with Crippen LogP contribution in [0, 0.1) is 5.41 Å². The molecule has 1 atom stereocenters. The smallest absolute Gasteiger partial charge is 0.333 e. The Balaban J connectivity index is 4.97. The van der Waals surface area contributed by atoms with Crippen LogP contribution in [0.15, 0.2) is 12.2 Å². The zero-order chi connectivity index (χ0) is 20.8. The third kappa shape index (κ3) is 8.78. The summed E-state index contributed by atoms with van der Waals surface area (Å²) in [5, 5.41) is 0. The van der Waals surface area contributed by atoms with E-state index in [1.54, 1.807) is 21.1 Å². The fourth-order valence-electron chi connectivity index (χ4n) is 3.99. The van der Waals surface area contributed by atoms with Gasteiger partial charge in [-0.1, -0.05) is 65.4 Å². The highest BCUT2D eigenvalue weighted by atomic mass is 16.7. The van der Waals surface area contributed by atoms with Gasteiger partial charge in [-0.25, -0.2) is 4.79 Å². The van der Waals surface area contributed by atoms with Gasteiger partial charge in [0.2, 0.25) is 0 Å². The third-order valence-electron chi connectivity index (χ3n) is 5.86. The number of esters is 1. The second-order valence-electron chi connectivity index (χ2n) is 7.92. The lowest BCUT2D eigenvalue weighted by Crippen LogP contribution is -2.49. The number of carbonyl (C=O) groups is 1. The van der Waals surface area contributed by atoms with Crippen molar-refractivity contribution in [1.82, 2.24) is 0 Å². The summed E-state index contributed by atoms with van der Waals surface area (Å²) in [5.41, 5.74) is 0.367. The van der Waals surface area contributed by atoms with Crippen molar-refractivity contribution >= 4 is 5.97 Å². The SMILES string of the molecule is C=C(C)C(=O)OCCCC(CCC)(CCCCCCCC)C(C)(OC)OC. The topological polar surface area (TPSA) is 44.8 Å². The highest BCUT2D eigenvalue weighted by molar-refractivity contribution is 5.86. The van der Waals surface area contributed by atoms with Crippen LogP contribution in [-0.4, -0.2) is 32.6 Å². The normalized spacial score (nSPS) is 14.0. The van der Waals surface area contributed by atoms with Crippen molar-refractivity contribution in [3.8, 4) is 0 Å². The van der Waals surface area contributed by atoms with Gasteiger partial charge in [-0.3, -0.25) is 0 Å². The summed E-state index contributed by atoms with van der Waals surface area (Å²) < 4.78 is 17.1. The minimum absolute atomic E-state index is 0.0777. The van der Waals surface area contributed by atoms with Crippen LogP contribution in [0.2, 0.25) is 0 Å². The van der Waals surface area contributed by atoms with Crippen molar-refractivity contribution in [3.05, 3.63) is 12.2 Å². The Kier molecular flexibility index (Phi) is 13.7. The molecule has 0 heterocycles. The molecule has 27 heavy (non-hydrogen) atoms. The van der Waals surface area contributed by atoms with E-state index in [0.717, 1.165) is 32.1 Å². The highest BCUT2D eigenvalue weighted by Gasteiger charge is 2.47. The molecule has 0 fully saturated rings. The Morgan fingerprint density at radius 3 is 1.93 bits per heavy atom. The molecule has 0 aromatic rings. The quantitative estimate of drug-likeness (QED) is 0.125. The minimum atomic E-state index is -0.634. The van der Waals surface area contributed by atoms with Gasteiger partial charge in [-0.05, 0) is 39.5 Å². The first-order chi connectivity index (χ1) is 12.8. The van der Waals surface area contributed by atoms with Gasteiger partial charge in [0.25, 0.3) is 0 Å². The number of carbonyl (C=O) groups excluding carboxylic acids is 1. The molecule has 4 heteroatoms. The molecule has 0 aliphatic carbocycles. The average Bonchev–Trinajstić information content (AvgIpc) is 2.66. The van der Waals surface area contributed by atoms with Gasteiger partial charge in [0.05, 0.1) is 6.61 Å². The summed E-state index contributed by atoms with van der Waals surface area (Å²) in [7, 11) is 3.46. The van der Waals surface area contributed by atoms with Gasteiger partial charge in [0, 0.05) is 25.2 Å². The van der Waals surface area contributed by atoms with Crippen LogP contribution >= 0.6 is 0 Å². The molecule has 0 rings (SSSR count). The van der Waals surface area contributed by atoms with E-state index in [2.05, 4.69) is 27.4 Å². The third-order valence-corrected chi connectivity index (χ3v) is 5.86. The number of unbranched alkanes of at least 4 members (excludes halogenated alkanes) is 5. The molecule has 0 aromatic heterocycles. The standard InChI is InChI=1S/C23H44O4/c1-8-10-11-12-13-14-17-23(16-9-2,22(5,25-6)26-7)18-15-19-27-21(24)20(3)4/h3,8-19H2,1-2,4-7H3. The number of hydrogen-bond acceptors (Lipinski definition) is 4. The number of rotatable bonds is 17. The van der Waals surface area contributed by atoms with E-state index < -0.39 is 5.79 Å². The predicted molar refractivity (Wildman–Crippen MR) is 113 cm³/mol. The number of hydrogen-bond donors (Lipinski definition) is 0. The van der Waals surface area contributed by atoms with Crippen molar-refractivity contribution < 1.29 is 19.0 Å². The van der Waals surface area contributed by atoms with Gasteiger partial charge in [0.1, 0.15) is 0 Å². The van der Waals surface area contributed by atoms with Gasteiger partial charge in [0.15, 0.2) is 5.79 Å². The van der Waals surface area contributed by atoms with Crippen LogP contribution in [-0.2, 0) is 19.0 Å². The van der Waals surface area contributed by atoms with E-state index in [1.165, 1.54) is 38.5 Å². The first-order valence-corrected chi connectivity index (χ1v) is 10.8. The second-order valence-corrected chi connectivity index (χ2v) is 7.92. The molecule has 0 N–H and O–H groups in total. The lowest BCUT2D eigenvalue weighted by Gasteiger charge is -2.47. The van der Waals surface area contributed by atoms with Gasteiger partial charge < -0.3 is 14.2 Å². The lowest BCUT2D eigenvalue weighted by molar-refractivity contribution is -0.272. The van der Waals surface area contributed by atoms with Crippen molar-refractivity contribution in [2.45, 2.75) is 104 Å². The average molecular weight is 385 g/mol. The van der Waals surface area contributed by atoms with Crippen LogP contribution in [0.25, 0.3) is 0 Å². The van der Waals surface area contributed by atoms with E-state index in [0.29, 0.717) is 12.2 Å². The van der Waals surface area contributed by atoms with Crippen molar-refractivity contribution in [2.24, 2.45) is 5.41 Å². The molecular weight excluding hydrogens is 340 g/mol. The summed E-state index contributed by atoms with van der Waals surface area (Å²) in [4.78, 5) is 11.6. The van der Waals surface area contributed by atoms with E-state index >= 15 is 0 Å². The number of ether oxygens (including phenoxy) is 3. The molecule has 0 radical (unpaired) electrons. The molecular formula is C23H44O4. The zero-order valence-corrected chi connectivity index (χ0v) is 18.8. The molecule has 0 saturated heterocycles. The second kappa shape index (κ2) is 14.2. The minimum Gasteiger partial charge on any atom is -0.462 e. The maximum atomic E-state index is 11.6. The molecule has 0 bridgehead atoms. The van der Waals surface area contributed by atoms with E-state index in [1.807, 2.05) is 0 Å². The van der Waals surface area contributed by atoms with Crippen LogP contribution in [0.4, 0.5) is 0 Å². The molecule has 0 aliphatic heterocycles. The monoisotopic (exact) mass is 384 g/mol. The maximum absolute atomic E-state index is 11.6. The molecule has 0 aromatic carbocycles. The van der Waals surface area contributed by atoms with Crippen molar-refractivity contribution in [1.29, 1.82) is 0 Å². The Bertz CT molecular complexity index is 415. The summed E-state index contributed by atoms with van der Waals surface area (Å²) >= 11 is 0. The first kappa shape index (κ1) is 26.1. The highest BCUT2D eigenvalue weighted by Crippen LogP contribution is 2.47. The Morgan fingerprint density at radius 1 is 0.852 bits per heavy atom. The largest absolute Gasteiger partial charge is 0.462 e. The van der Waals surface area contributed by atoms with E-state index in [4.69, 9.17) is 14.2 Å².